The van der Waals surface area contributed by atoms with Gasteiger partial charge in [0.2, 0.25) is 0 Å². The summed E-state index contributed by atoms with van der Waals surface area (Å²) in [7, 11) is 0. The van der Waals surface area contributed by atoms with Gasteiger partial charge in [0.1, 0.15) is 5.75 Å². The Labute approximate surface area is 119 Å². The molecule has 0 fully saturated rings. The van der Waals surface area contributed by atoms with Crippen LogP contribution in [0.3, 0.4) is 0 Å². The lowest BCUT2D eigenvalue weighted by atomic mass is 10.2. The van der Waals surface area contributed by atoms with Gasteiger partial charge in [0.15, 0.2) is 0 Å². The summed E-state index contributed by atoms with van der Waals surface area (Å²) in [6.45, 7) is 1.95. The van der Waals surface area contributed by atoms with Crippen molar-refractivity contribution >= 4 is 44.5 Å². The number of aromatic nitrogens is 1. The molecule has 3 aromatic rings. The van der Waals surface area contributed by atoms with Crippen LogP contribution in [-0.4, -0.2) is 10.1 Å². The van der Waals surface area contributed by atoms with E-state index in [1.807, 2.05) is 31.2 Å². The summed E-state index contributed by atoms with van der Waals surface area (Å²) in [5.74, 6) is 0.191. The number of anilines is 2. The number of hydrogen-bond donors (Lipinski definition) is 2. The van der Waals surface area contributed by atoms with Crippen LogP contribution in [0.2, 0.25) is 5.02 Å². The number of hydrogen-bond acceptors (Lipinski definition) is 4. The third-order valence-corrected chi connectivity index (χ3v) is 4.02. The topological polar surface area (TPSA) is 45.2 Å². The molecule has 0 saturated carbocycles. The van der Waals surface area contributed by atoms with Crippen molar-refractivity contribution in [3.8, 4) is 5.75 Å². The lowest BCUT2D eigenvalue weighted by Gasteiger charge is -2.09. The van der Waals surface area contributed by atoms with E-state index < -0.39 is 0 Å². The second kappa shape index (κ2) is 4.72. The average Bonchev–Trinajstić information content (AvgIpc) is 2.71. The summed E-state index contributed by atoms with van der Waals surface area (Å²) in [6.07, 6.45) is 0. The highest BCUT2D eigenvalue weighted by Gasteiger charge is 2.09. The zero-order valence-corrected chi connectivity index (χ0v) is 11.7. The minimum absolute atomic E-state index is 0.191. The van der Waals surface area contributed by atoms with Crippen LogP contribution >= 0.6 is 22.9 Å². The van der Waals surface area contributed by atoms with Gasteiger partial charge in [0.25, 0.3) is 0 Å². The van der Waals surface area contributed by atoms with Crippen LogP contribution in [0.5, 0.6) is 5.75 Å². The van der Waals surface area contributed by atoms with Gasteiger partial charge in [-0.2, -0.15) is 0 Å². The lowest BCUT2D eigenvalue weighted by Crippen LogP contribution is -1.91. The van der Waals surface area contributed by atoms with Crippen LogP contribution in [0.1, 0.15) is 5.01 Å². The molecule has 19 heavy (non-hydrogen) atoms. The van der Waals surface area contributed by atoms with Crippen LogP contribution in [0.25, 0.3) is 10.2 Å². The fraction of sp³-hybridized carbons (Fsp3) is 0.0714. The van der Waals surface area contributed by atoms with E-state index in [2.05, 4.69) is 10.3 Å². The quantitative estimate of drug-likeness (QED) is 0.672. The highest BCUT2D eigenvalue weighted by atomic mass is 35.5. The molecule has 1 aromatic heterocycles. The highest BCUT2D eigenvalue weighted by Crippen LogP contribution is 2.35. The van der Waals surface area contributed by atoms with E-state index >= 15 is 0 Å². The molecule has 0 bridgehead atoms. The van der Waals surface area contributed by atoms with Gasteiger partial charge < -0.3 is 10.4 Å². The lowest BCUT2D eigenvalue weighted by molar-refractivity contribution is 0.478. The molecule has 3 nitrogen and oxygen atoms in total. The molecule has 0 aliphatic rings. The Morgan fingerprint density at radius 1 is 1.21 bits per heavy atom. The number of thiazole rings is 1. The monoisotopic (exact) mass is 290 g/mol. The van der Waals surface area contributed by atoms with Crippen LogP contribution in [0.4, 0.5) is 11.4 Å². The molecule has 0 aliphatic heterocycles. The van der Waals surface area contributed by atoms with Gasteiger partial charge in [-0.15, -0.1) is 11.3 Å². The molecule has 0 radical (unpaired) electrons. The average molecular weight is 291 g/mol. The van der Waals surface area contributed by atoms with Crippen molar-refractivity contribution in [2.24, 2.45) is 0 Å². The number of nitrogens with one attached hydrogen (secondary N) is 1. The van der Waals surface area contributed by atoms with Gasteiger partial charge in [-0.3, -0.25) is 0 Å². The Balaban J connectivity index is 2.05. The maximum Gasteiger partial charge on any atom is 0.140 e. The van der Waals surface area contributed by atoms with E-state index in [4.69, 9.17) is 11.6 Å². The van der Waals surface area contributed by atoms with Gasteiger partial charge >= 0.3 is 0 Å². The number of phenolic OH excluding ortho intramolecular Hbond substituents is 1. The predicted molar refractivity (Wildman–Crippen MR) is 80.8 cm³/mol. The number of phenols is 1. The third-order valence-electron chi connectivity index (χ3n) is 2.76. The van der Waals surface area contributed by atoms with E-state index in [1.165, 1.54) is 0 Å². The first kappa shape index (κ1) is 12.3. The zero-order valence-electron chi connectivity index (χ0n) is 10.1. The molecule has 1 heterocycles. The Morgan fingerprint density at radius 3 is 2.79 bits per heavy atom. The van der Waals surface area contributed by atoms with E-state index in [0.29, 0.717) is 10.7 Å². The van der Waals surface area contributed by atoms with E-state index in [1.54, 1.807) is 23.5 Å². The standard InChI is InChI=1S/C14H11ClN2OS/c1-8-16-12-6-11(13(18)7-14(12)19-8)17-10-5-3-2-4-9(10)15/h2-7,17-18H,1H3. The second-order valence-corrected chi connectivity index (χ2v) is 5.82. The first-order valence-corrected chi connectivity index (χ1v) is 6.94. The van der Waals surface area contributed by atoms with Gasteiger partial charge in [0.05, 0.1) is 31.6 Å². The molecule has 0 spiro atoms. The van der Waals surface area contributed by atoms with Gasteiger partial charge in [0, 0.05) is 6.07 Å². The number of aryl methyl sites for hydroxylation is 1. The van der Waals surface area contributed by atoms with Crippen LogP contribution in [0.15, 0.2) is 36.4 Å². The number of benzene rings is 2. The summed E-state index contributed by atoms with van der Waals surface area (Å²) < 4.78 is 0.972. The Kier molecular flexibility index (Phi) is 3.05. The number of halogens is 1. The Hall–Kier alpha value is -1.78. The predicted octanol–water partition coefficient (Wildman–Crippen LogP) is 4.71. The van der Waals surface area contributed by atoms with Crippen molar-refractivity contribution in [2.75, 3.05) is 5.32 Å². The number of aromatic hydroxyl groups is 1. The third kappa shape index (κ3) is 2.37. The van der Waals surface area contributed by atoms with Crippen LogP contribution < -0.4 is 5.32 Å². The van der Waals surface area contributed by atoms with E-state index in [9.17, 15) is 5.11 Å². The Morgan fingerprint density at radius 2 is 2.00 bits per heavy atom. The van der Waals surface area contributed by atoms with E-state index in [0.717, 1.165) is 20.9 Å². The van der Waals surface area contributed by atoms with Gasteiger partial charge in [-0.1, -0.05) is 23.7 Å². The first-order valence-electron chi connectivity index (χ1n) is 5.75. The summed E-state index contributed by atoms with van der Waals surface area (Å²) in [4.78, 5) is 4.41. The van der Waals surface area contributed by atoms with Gasteiger partial charge in [-0.05, 0) is 25.1 Å². The fourth-order valence-electron chi connectivity index (χ4n) is 1.89. The maximum atomic E-state index is 10.0. The summed E-state index contributed by atoms with van der Waals surface area (Å²) in [5.41, 5.74) is 2.23. The minimum atomic E-state index is 0.191. The van der Waals surface area contributed by atoms with Crippen molar-refractivity contribution in [2.45, 2.75) is 6.92 Å². The molecule has 0 atom stereocenters. The maximum absolute atomic E-state index is 10.0. The molecule has 0 amide bonds. The summed E-state index contributed by atoms with van der Waals surface area (Å²) in [6, 6.07) is 11.0. The van der Waals surface area contributed by atoms with Crippen LogP contribution in [-0.2, 0) is 0 Å². The van der Waals surface area contributed by atoms with Crippen molar-refractivity contribution in [3.05, 3.63) is 46.4 Å². The molecule has 5 heteroatoms. The van der Waals surface area contributed by atoms with Crippen LogP contribution in [0, 0.1) is 6.92 Å². The molecule has 0 unspecified atom stereocenters. The number of fused-ring (bicyclic) bond motifs is 1. The largest absolute Gasteiger partial charge is 0.506 e. The molecular formula is C14H11ClN2OS. The first-order chi connectivity index (χ1) is 9.13. The SMILES string of the molecule is Cc1nc2cc(Nc3ccccc3Cl)c(O)cc2s1. The van der Waals surface area contributed by atoms with Crippen molar-refractivity contribution in [1.82, 2.24) is 4.98 Å². The molecule has 96 valence electrons. The summed E-state index contributed by atoms with van der Waals surface area (Å²) in [5, 5.41) is 14.8. The second-order valence-electron chi connectivity index (χ2n) is 4.17. The summed E-state index contributed by atoms with van der Waals surface area (Å²) >= 11 is 7.65. The number of rotatable bonds is 2. The fourth-order valence-corrected chi connectivity index (χ4v) is 2.91. The smallest absolute Gasteiger partial charge is 0.140 e. The van der Waals surface area contributed by atoms with Gasteiger partial charge in [-0.25, -0.2) is 4.98 Å². The normalized spacial score (nSPS) is 10.8. The van der Waals surface area contributed by atoms with Crippen molar-refractivity contribution in [3.63, 3.8) is 0 Å². The molecular weight excluding hydrogens is 280 g/mol. The zero-order chi connectivity index (χ0) is 13.4. The molecule has 2 N–H and O–H groups in total. The van der Waals surface area contributed by atoms with Crippen molar-refractivity contribution < 1.29 is 5.11 Å². The minimum Gasteiger partial charge on any atom is -0.506 e. The molecule has 0 saturated heterocycles. The Bertz CT molecular complexity index is 754. The number of para-hydroxylation sites is 1. The number of nitrogens with zero attached hydrogens (tertiary/aromatic N) is 1. The molecule has 3 rings (SSSR count). The molecule has 2 aromatic carbocycles. The van der Waals surface area contributed by atoms with Crippen molar-refractivity contribution in [1.29, 1.82) is 0 Å². The van der Waals surface area contributed by atoms with E-state index in [-0.39, 0.29) is 5.75 Å². The molecule has 0 aliphatic carbocycles. The highest BCUT2D eigenvalue weighted by molar-refractivity contribution is 7.18.